The van der Waals surface area contributed by atoms with Crippen molar-refractivity contribution < 1.29 is 18.0 Å². The highest BCUT2D eigenvalue weighted by atomic mass is 35.5. The average Bonchev–Trinajstić information content (AvgIpc) is 2.77. The SMILES string of the molecule is CCCNC(=O)c1ccc(NC(=O)CCc2ccc(S(=O)(=O)N(CC)CC)cc2)cc1Cl. The van der Waals surface area contributed by atoms with Gasteiger partial charge in [0.2, 0.25) is 15.9 Å². The van der Waals surface area contributed by atoms with Crippen LogP contribution in [-0.2, 0) is 21.2 Å². The molecule has 0 aliphatic carbocycles. The molecule has 0 atom stereocenters. The van der Waals surface area contributed by atoms with Crippen LogP contribution in [0.15, 0.2) is 47.4 Å². The predicted octanol–water partition coefficient (Wildman–Crippen LogP) is 4.08. The number of aryl methyl sites for hydroxylation is 1. The molecule has 2 rings (SSSR count). The van der Waals surface area contributed by atoms with Crippen molar-refractivity contribution in [2.75, 3.05) is 25.0 Å². The molecule has 0 aromatic heterocycles. The Hall–Kier alpha value is -2.42. The number of nitrogens with one attached hydrogen (secondary N) is 2. The number of sulfonamides is 1. The molecule has 2 N–H and O–H groups in total. The molecular formula is C23H30ClN3O4S. The second-order valence-corrected chi connectivity index (χ2v) is 9.58. The van der Waals surface area contributed by atoms with Gasteiger partial charge in [-0.3, -0.25) is 9.59 Å². The minimum absolute atomic E-state index is 0.205. The Morgan fingerprint density at radius 2 is 1.66 bits per heavy atom. The van der Waals surface area contributed by atoms with Crippen LogP contribution in [0, 0.1) is 0 Å². The summed E-state index contributed by atoms with van der Waals surface area (Å²) in [5, 5.41) is 5.80. The largest absolute Gasteiger partial charge is 0.352 e. The van der Waals surface area contributed by atoms with E-state index < -0.39 is 10.0 Å². The number of hydrogen-bond donors (Lipinski definition) is 2. The quantitative estimate of drug-likeness (QED) is 0.507. The van der Waals surface area contributed by atoms with E-state index in [1.165, 1.54) is 4.31 Å². The Bertz CT molecular complexity index is 1040. The van der Waals surface area contributed by atoms with Gasteiger partial charge >= 0.3 is 0 Å². The van der Waals surface area contributed by atoms with E-state index in [-0.39, 0.29) is 28.2 Å². The average molecular weight is 480 g/mol. The van der Waals surface area contributed by atoms with Crippen LogP contribution in [0.25, 0.3) is 0 Å². The van der Waals surface area contributed by atoms with E-state index in [4.69, 9.17) is 11.6 Å². The number of amides is 2. The molecular weight excluding hydrogens is 450 g/mol. The number of halogens is 1. The second kappa shape index (κ2) is 12.0. The monoisotopic (exact) mass is 479 g/mol. The van der Waals surface area contributed by atoms with Gasteiger partial charge in [-0.05, 0) is 48.7 Å². The van der Waals surface area contributed by atoms with E-state index in [1.54, 1.807) is 56.3 Å². The van der Waals surface area contributed by atoms with Crippen LogP contribution >= 0.6 is 11.6 Å². The summed E-state index contributed by atoms with van der Waals surface area (Å²) in [6.45, 7) is 6.95. The molecule has 0 heterocycles. The van der Waals surface area contributed by atoms with Gasteiger partial charge in [-0.1, -0.05) is 44.5 Å². The molecule has 2 aromatic rings. The fourth-order valence-electron chi connectivity index (χ4n) is 3.13. The Balaban J connectivity index is 1.94. The van der Waals surface area contributed by atoms with Gasteiger partial charge in [-0.2, -0.15) is 4.31 Å². The van der Waals surface area contributed by atoms with Crippen LogP contribution in [0.1, 0.15) is 49.5 Å². The molecule has 0 unspecified atom stereocenters. The summed E-state index contributed by atoms with van der Waals surface area (Å²) in [7, 11) is -3.50. The lowest BCUT2D eigenvalue weighted by Gasteiger charge is -2.18. The van der Waals surface area contributed by atoms with Crippen molar-refractivity contribution >= 4 is 39.1 Å². The summed E-state index contributed by atoms with van der Waals surface area (Å²) in [6, 6.07) is 11.4. The zero-order chi connectivity index (χ0) is 23.7. The molecule has 174 valence electrons. The molecule has 0 spiro atoms. The third kappa shape index (κ3) is 6.79. The van der Waals surface area contributed by atoms with Crippen molar-refractivity contribution in [3.8, 4) is 0 Å². The van der Waals surface area contributed by atoms with E-state index in [9.17, 15) is 18.0 Å². The van der Waals surface area contributed by atoms with Gasteiger partial charge in [-0.25, -0.2) is 8.42 Å². The standard InChI is InChI=1S/C23H30ClN3O4S/c1-4-15-25-23(29)20-13-10-18(16-21(20)24)26-22(28)14-9-17-7-11-19(12-8-17)32(30,31)27(5-2)6-3/h7-8,10-13,16H,4-6,9,14-15H2,1-3H3,(H,25,29)(H,26,28). The Morgan fingerprint density at radius 3 is 2.22 bits per heavy atom. The second-order valence-electron chi connectivity index (χ2n) is 7.23. The molecule has 0 aliphatic rings. The van der Waals surface area contributed by atoms with Crippen molar-refractivity contribution in [2.45, 2.75) is 44.9 Å². The molecule has 7 nitrogen and oxygen atoms in total. The van der Waals surface area contributed by atoms with Crippen molar-refractivity contribution in [1.29, 1.82) is 0 Å². The predicted molar refractivity (Wildman–Crippen MR) is 128 cm³/mol. The summed E-state index contributed by atoms with van der Waals surface area (Å²) >= 11 is 6.19. The first-order valence-electron chi connectivity index (χ1n) is 10.7. The zero-order valence-corrected chi connectivity index (χ0v) is 20.2. The number of benzene rings is 2. The highest BCUT2D eigenvalue weighted by molar-refractivity contribution is 7.89. The fraction of sp³-hybridized carbons (Fsp3) is 0.391. The summed E-state index contributed by atoms with van der Waals surface area (Å²) < 4.78 is 26.5. The highest BCUT2D eigenvalue weighted by Crippen LogP contribution is 2.22. The lowest BCUT2D eigenvalue weighted by Crippen LogP contribution is -2.30. The number of hydrogen-bond acceptors (Lipinski definition) is 4. The smallest absolute Gasteiger partial charge is 0.252 e. The summed E-state index contributed by atoms with van der Waals surface area (Å²) in [5.41, 5.74) is 1.73. The van der Waals surface area contributed by atoms with Gasteiger partial charge in [0.05, 0.1) is 15.5 Å². The van der Waals surface area contributed by atoms with E-state index >= 15 is 0 Å². The van der Waals surface area contributed by atoms with Crippen LogP contribution in [-0.4, -0.2) is 44.2 Å². The molecule has 2 amide bonds. The van der Waals surface area contributed by atoms with Gasteiger partial charge in [-0.15, -0.1) is 0 Å². The fourth-order valence-corrected chi connectivity index (χ4v) is 4.86. The Labute approximate surface area is 195 Å². The molecule has 0 saturated carbocycles. The maximum atomic E-state index is 12.5. The molecule has 0 radical (unpaired) electrons. The van der Waals surface area contributed by atoms with E-state index in [0.717, 1.165) is 12.0 Å². The first kappa shape index (κ1) is 25.8. The van der Waals surface area contributed by atoms with Crippen molar-refractivity contribution in [2.24, 2.45) is 0 Å². The maximum Gasteiger partial charge on any atom is 0.252 e. The zero-order valence-electron chi connectivity index (χ0n) is 18.7. The third-order valence-corrected chi connectivity index (χ3v) is 7.32. The molecule has 2 aromatic carbocycles. The minimum atomic E-state index is -3.50. The van der Waals surface area contributed by atoms with E-state index in [2.05, 4.69) is 10.6 Å². The molecule has 9 heteroatoms. The normalized spacial score (nSPS) is 11.4. The maximum absolute atomic E-state index is 12.5. The highest BCUT2D eigenvalue weighted by Gasteiger charge is 2.21. The van der Waals surface area contributed by atoms with Gasteiger partial charge in [0.1, 0.15) is 0 Å². The van der Waals surface area contributed by atoms with Gasteiger partial charge in [0.25, 0.3) is 5.91 Å². The molecule has 0 bridgehead atoms. The summed E-state index contributed by atoms with van der Waals surface area (Å²) in [4.78, 5) is 24.6. The molecule has 0 saturated heterocycles. The summed E-state index contributed by atoms with van der Waals surface area (Å²) in [6.07, 6.45) is 1.51. The first-order valence-corrected chi connectivity index (χ1v) is 12.5. The van der Waals surface area contributed by atoms with Crippen LogP contribution in [0.3, 0.4) is 0 Å². The molecule has 0 aliphatic heterocycles. The number of rotatable bonds is 11. The number of carbonyl (C=O) groups is 2. The van der Waals surface area contributed by atoms with Crippen LogP contribution < -0.4 is 10.6 Å². The van der Waals surface area contributed by atoms with Gasteiger partial charge < -0.3 is 10.6 Å². The first-order chi connectivity index (χ1) is 15.2. The van der Waals surface area contributed by atoms with Gasteiger partial charge in [0, 0.05) is 31.7 Å². The number of anilines is 1. The lowest BCUT2D eigenvalue weighted by atomic mass is 10.1. The lowest BCUT2D eigenvalue weighted by molar-refractivity contribution is -0.116. The number of carbonyl (C=O) groups excluding carboxylic acids is 2. The van der Waals surface area contributed by atoms with E-state index in [1.807, 2.05) is 6.92 Å². The third-order valence-electron chi connectivity index (χ3n) is 4.94. The molecule has 32 heavy (non-hydrogen) atoms. The van der Waals surface area contributed by atoms with Gasteiger partial charge in [0.15, 0.2) is 0 Å². The van der Waals surface area contributed by atoms with Crippen LogP contribution in [0.4, 0.5) is 5.69 Å². The minimum Gasteiger partial charge on any atom is -0.352 e. The van der Waals surface area contributed by atoms with Crippen molar-refractivity contribution in [1.82, 2.24) is 9.62 Å². The Morgan fingerprint density at radius 1 is 1.00 bits per heavy atom. The molecule has 0 fully saturated rings. The van der Waals surface area contributed by atoms with Crippen LogP contribution in [0.5, 0.6) is 0 Å². The Kier molecular flexibility index (Phi) is 9.68. The van der Waals surface area contributed by atoms with E-state index in [0.29, 0.717) is 37.3 Å². The number of nitrogens with zero attached hydrogens (tertiary/aromatic N) is 1. The topological polar surface area (TPSA) is 95.6 Å². The van der Waals surface area contributed by atoms with Crippen LogP contribution in [0.2, 0.25) is 5.02 Å². The van der Waals surface area contributed by atoms with Crippen molar-refractivity contribution in [3.63, 3.8) is 0 Å². The van der Waals surface area contributed by atoms with Crippen molar-refractivity contribution in [3.05, 3.63) is 58.6 Å². The summed E-state index contributed by atoms with van der Waals surface area (Å²) in [5.74, 6) is -0.453.